The SMILES string of the molecule is ClCC1=CC=c2cc(CCl)ccc2=CC1. The van der Waals surface area contributed by atoms with Crippen molar-refractivity contribution < 1.29 is 0 Å². The van der Waals surface area contributed by atoms with Crippen molar-refractivity contribution in [2.24, 2.45) is 0 Å². The molecule has 0 atom stereocenters. The van der Waals surface area contributed by atoms with Gasteiger partial charge in [0.15, 0.2) is 0 Å². The van der Waals surface area contributed by atoms with E-state index in [-0.39, 0.29) is 0 Å². The maximum atomic E-state index is 5.82. The Morgan fingerprint density at radius 2 is 1.87 bits per heavy atom. The minimum atomic E-state index is 0.563. The molecule has 0 fully saturated rings. The molecule has 1 aromatic carbocycles. The first-order valence-corrected chi connectivity index (χ1v) is 6.01. The van der Waals surface area contributed by atoms with Gasteiger partial charge in [0.25, 0.3) is 0 Å². The molecule has 0 radical (unpaired) electrons. The van der Waals surface area contributed by atoms with Crippen LogP contribution in [0.3, 0.4) is 0 Å². The van der Waals surface area contributed by atoms with Crippen molar-refractivity contribution in [3.63, 3.8) is 0 Å². The van der Waals surface area contributed by atoms with Gasteiger partial charge >= 0.3 is 0 Å². The summed E-state index contributed by atoms with van der Waals surface area (Å²) in [5.41, 5.74) is 2.41. The van der Waals surface area contributed by atoms with Gasteiger partial charge in [0.2, 0.25) is 0 Å². The zero-order valence-electron chi connectivity index (χ0n) is 8.34. The van der Waals surface area contributed by atoms with Crippen molar-refractivity contribution in [1.82, 2.24) is 0 Å². The maximum absolute atomic E-state index is 5.82. The minimum Gasteiger partial charge on any atom is -0.122 e. The molecular weight excluding hydrogens is 227 g/mol. The molecule has 15 heavy (non-hydrogen) atoms. The Kier molecular flexibility index (Phi) is 3.50. The highest BCUT2D eigenvalue weighted by Crippen LogP contribution is 2.06. The summed E-state index contributed by atoms with van der Waals surface area (Å²) in [6, 6.07) is 6.32. The van der Waals surface area contributed by atoms with E-state index in [1.165, 1.54) is 16.0 Å². The number of benzene rings is 1. The molecule has 0 N–H and O–H groups in total. The average Bonchev–Trinajstić information content (AvgIpc) is 2.50. The number of alkyl halides is 2. The Hall–Kier alpha value is -0.720. The second-order valence-corrected chi connectivity index (χ2v) is 4.16. The molecule has 0 heterocycles. The lowest BCUT2D eigenvalue weighted by Crippen LogP contribution is -2.23. The largest absolute Gasteiger partial charge is 0.122 e. The first-order valence-electron chi connectivity index (χ1n) is 4.94. The van der Waals surface area contributed by atoms with Crippen LogP contribution in [0.2, 0.25) is 0 Å². The molecule has 0 spiro atoms. The van der Waals surface area contributed by atoms with Crippen LogP contribution in [0.4, 0.5) is 0 Å². The van der Waals surface area contributed by atoms with E-state index in [0.717, 1.165) is 12.0 Å². The van der Waals surface area contributed by atoms with Gasteiger partial charge in [0, 0.05) is 11.8 Å². The van der Waals surface area contributed by atoms with Crippen molar-refractivity contribution in [3.8, 4) is 0 Å². The molecule has 0 aromatic heterocycles. The number of fused-ring (bicyclic) bond motifs is 1. The highest BCUT2D eigenvalue weighted by atomic mass is 35.5. The second-order valence-electron chi connectivity index (χ2n) is 3.63. The zero-order valence-corrected chi connectivity index (χ0v) is 9.85. The van der Waals surface area contributed by atoms with E-state index < -0.39 is 0 Å². The topological polar surface area (TPSA) is 0 Å². The van der Waals surface area contributed by atoms with Gasteiger partial charge in [-0.2, -0.15) is 0 Å². The third-order valence-electron chi connectivity index (χ3n) is 2.56. The zero-order chi connectivity index (χ0) is 10.7. The van der Waals surface area contributed by atoms with Crippen LogP contribution in [0.15, 0.2) is 29.8 Å². The van der Waals surface area contributed by atoms with Crippen LogP contribution in [0.25, 0.3) is 12.2 Å². The van der Waals surface area contributed by atoms with Crippen molar-refractivity contribution in [3.05, 3.63) is 45.8 Å². The van der Waals surface area contributed by atoms with E-state index in [2.05, 4.69) is 36.4 Å². The van der Waals surface area contributed by atoms with Gasteiger partial charge in [-0.1, -0.05) is 35.9 Å². The van der Waals surface area contributed by atoms with Crippen molar-refractivity contribution in [2.45, 2.75) is 12.3 Å². The molecule has 0 amide bonds. The molecule has 0 saturated heterocycles. The smallest absolute Gasteiger partial charge is 0.0474 e. The predicted molar refractivity (Wildman–Crippen MR) is 67.6 cm³/mol. The van der Waals surface area contributed by atoms with Gasteiger partial charge in [0.1, 0.15) is 0 Å². The van der Waals surface area contributed by atoms with Gasteiger partial charge in [-0.15, -0.1) is 23.2 Å². The summed E-state index contributed by atoms with van der Waals surface area (Å²) in [4.78, 5) is 0. The quantitative estimate of drug-likeness (QED) is 0.696. The highest BCUT2D eigenvalue weighted by molar-refractivity contribution is 6.19. The molecule has 0 aliphatic heterocycles. The van der Waals surface area contributed by atoms with E-state index in [0.29, 0.717) is 11.8 Å². The van der Waals surface area contributed by atoms with Crippen LogP contribution in [-0.4, -0.2) is 5.88 Å². The fourth-order valence-corrected chi connectivity index (χ4v) is 2.02. The highest BCUT2D eigenvalue weighted by Gasteiger charge is 1.97. The van der Waals surface area contributed by atoms with Crippen molar-refractivity contribution >= 4 is 35.4 Å². The normalized spacial score (nSPS) is 14.4. The summed E-state index contributed by atoms with van der Waals surface area (Å²) in [5.74, 6) is 1.16. The standard InChI is InChI=1S/C13H12Cl2/c14-8-10-1-4-12-5-3-11(9-15)7-13(12)6-2-10/h2-7H,1,8-9H2. The first-order chi connectivity index (χ1) is 7.33. The molecule has 2 heteroatoms. The Balaban J connectivity index is 2.55. The summed E-state index contributed by atoms with van der Waals surface area (Å²) in [6.45, 7) is 0. The monoisotopic (exact) mass is 238 g/mol. The minimum absolute atomic E-state index is 0.563. The molecule has 1 aromatic rings. The lowest BCUT2D eigenvalue weighted by Gasteiger charge is -1.95. The molecule has 1 aliphatic carbocycles. The number of hydrogen-bond donors (Lipinski definition) is 0. The van der Waals surface area contributed by atoms with Crippen LogP contribution in [0.1, 0.15) is 12.0 Å². The molecule has 0 unspecified atom stereocenters. The van der Waals surface area contributed by atoms with E-state index >= 15 is 0 Å². The van der Waals surface area contributed by atoms with Crippen LogP contribution >= 0.6 is 23.2 Å². The van der Waals surface area contributed by atoms with E-state index in [4.69, 9.17) is 23.2 Å². The number of rotatable bonds is 2. The van der Waals surface area contributed by atoms with Gasteiger partial charge in [-0.05, 0) is 28.5 Å². The third kappa shape index (κ3) is 2.45. The molecule has 0 saturated carbocycles. The molecule has 0 bridgehead atoms. The van der Waals surface area contributed by atoms with Gasteiger partial charge in [-0.3, -0.25) is 0 Å². The third-order valence-corrected chi connectivity index (χ3v) is 3.21. The summed E-state index contributed by atoms with van der Waals surface area (Å²) >= 11 is 11.6. The average molecular weight is 239 g/mol. The van der Waals surface area contributed by atoms with Crippen molar-refractivity contribution in [2.75, 3.05) is 5.88 Å². The van der Waals surface area contributed by atoms with Crippen molar-refractivity contribution in [1.29, 1.82) is 0 Å². The van der Waals surface area contributed by atoms with E-state index in [9.17, 15) is 0 Å². The number of hydrogen-bond acceptors (Lipinski definition) is 0. The Morgan fingerprint density at radius 3 is 2.60 bits per heavy atom. The lowest BCUT2D eigenvalue weighted by atomic mass is 10.1. The van der Waals surface area contributed by atoms with Gasteiger partial charge < -0.3 is 0 Å². The Bertz CT molecular complexity index is 498. The van der Waals surface area contributed by atoms with Gasteiger partial charge in [-0.25, -0.2) is 0 Å². The Morgan fingerprint density at radius 1 is 1.00 bits per heavy atom. The molecule has 0 nitrogen and oxygen atoms in total. The number of halogens is 2. The van der Waals surface area contributed by atoms with Crippen LogP contribution in [-0.2, 0) is 5.88 Å². The van der Waals surface area contributed by atoms with E-state index in [1.54, 1.807) is 0 Å². The van der Waals surface area contributed by atoms with Gasteiger partial charge in [0.05, 0.1) is 0 Å². The molecular formula is C13H12Cl2. The fourth-order valence-electron chi connectivity index (χ4n) is 1.65. The van der Waals surface area contributed by atoms with Crippen LogP contribution in [0, 0.1) is 0 Å². The van der Waals surface area contributed by atoms with Crippen LogP contribution in [0.5, 0.6) is 0 Å². The molecule has 1 aliphatic rings. The molecule has 2 rings (SSSR count). The predicted octanol–water partition coefficient (Wildman–Crippen LogP) is 2.56. The summed E-state index contributed by atoms with van der Waals surface area (Å²) in [7, 11) is 0. The fraction of sp³-hybridized carbons (Fsp3) is 0.231. The first kappa shape index (κ1) is 10.8. The number of allylic oxidation sites excluding steroid dienone is 2. The maximum Gasteiger partial charge on any atom is 0.0474 e. The summed E-state index contributed by atoms with van der Waals surface area (Å²) in [5, 5.41) is 2.49. The van der Waals surface area contributed by atoms with E-state index in [1.807, 2.05) is 0 Å². The second kappa shape index (κ2) is 4.87. The Labute approximate surface area is 99.5 Å². The lowest BCUT2D eigenvalue weighted by molar-refractivity contribution is 1.27. The summed E-state index contributed by atoms with van der Waals surface area (Å²) in [6.07, 6.45) is 7.37. The van der Waals surface area contributed by atoms with Crippen LogP contribution < -0.4 is 10.4 Å². The summed E-state index contributed by atoms with van der Waals surface area (Å²) < 4.78 is 0. The molecule has 78 valence electrons.